The second kappa shape index (κ2) is 6.56. The van der Waals surface area contributed by atoms with Crippen LogP contribution in [0, 0.1) is 5.92 Å². The average molecular weight is 244 g/mol. The molecule has 1 heterocycles. The van der Waals surface area contributed by atoms with E-state index in [2.05, 4.69) is 10.6 Å². The van der Waals surface area contributed by atoms with E-state index in [1.54, 1.807) is 0 Å². The molecule has 1 saturated heterocycles. The van der Waals surface area contributed by atoms with Crippen molar-refractivity contribution >= 4 is 11.9 Å². The van der Waals surface area contributed by atoms with Crippen molar-refractivity contribution in [1.29, 1.82) is 0 Å². The average Bonchev–Trinajstić information content (AvgIpc) is 2.28. The number of nitrogens with one attached hydrogen (secondary N) is 2. The van der Waals surface area contributed by atoms with Crippen LogP contribution in [0.5, 0.6) is 0 Å². The smallest absolute Gasteiger partial charge is 0.328 e. The summed E-state index contributed by atoms with van der Waals surface area (Å²) < 4.78 is 4.77. The minimum absolute atomic E-state index is 0.0123. The molecule has 0 aromatic rings. The van der Waals surface area contributed by atoms with Gasteiger partial charge in [0.05, 0.1) is 6.61 Å². The fraction of sp³-hybridized carbons (Fsp3) is 0.818. The molecule has 1 fully saturated rings. The molecule has 1 rings (SSSR count). The number of amides is 1. The molecular weight excluding hydrogens is 224 g/mol. The van der Waals surface area contributed by atoms with Crippen molar-refractivity contribution in [3.05, 3.63) is 0 Å². The normalized spacial score (nSPS) is 26.2. The van der Waals surface area contributed by atoms with Crippen LogP contribution in [0.2, 0.25) is 0 Å². The summed E-state index contributed by atoms with van der Waals surface area (Å²) in [5.74, 6) is -1.37. The number of carbonyl (C=O) groups excluding carboxylic acids is 1. The van der Waals surface area contributed by atoms with Crippen LogP contribution in [0.1, 0.15) is 19.8 Å². The van der Waals surface area contributed by atoms with Gasteiger partial charge in [-0.2, -0.15) is 0 Å². The van der Waals surface area contributed by atoms with Gasteiger partial charge in [0, 0.05) is 19.1 Å². The van der Waals surface area contributed by atoms with E-state index in [0.717, 1.165) is 19.4 Å². The molecule has 98 valence electrons. The minimum atomic E-state index is -1.07. The van der Waals surface area contributed by atoms with Gasteiger partial charge in [-0.3, -0.25) is 4.79 Å². The number of carboxylic acid groups (broad SMARTS) is 1. The molecule has 3 atom stereocenters. The van der Waals surface area contributed by atoms with E-state index < -0.39 is 12.0 Å². The molecule has 0 aromatic carbocycles. The van der Waals surface area contributed by atoms with Gasteiger partial charge in [-0.05, 0) is 26.3 Å². The molecule has 0 aliphatic carbocycles. The maximum Gasteiger partial charge on any atom is 0.328 e. The Kier molecular flexibility index (Phi) is 5.37. The summed E-state index contributed by atoms with van der Waals surface area (Å²) in [5, 5.41) is 14.7. The predicted octanol–water partition coefficient (Wildman–Crippen LogP) is -0.410. The standard InChI is InChI=1S/C11H20N2O4/c1-7-5-8(3-4-12-7)10(14)13-9(6-17-2)11(15)16/h7-9,12H,3-6H2,1-2H3,(H,13,14)(H,15,16). The third kappa shape index (κ3) is 4.32. The molecule has 0 saturated carbocycles. The minimum Gasteiger partial charge on any atom is -0.480 e. The van der Waals surface area contributed by atoms with Gasteiger partial charge in [-0.25, -0.2) is 4.79 Å². The van der Waals surface area contributed by atoms with E-state index in [1.165, 1.54) is 7.11 Å². The van der Waals surface area contributed by atoms with Gasteiger partial charge < -0.3 is 20.5 Å². The topological polar surface area (TPSA) is 87.7 Å². The first-order valence-corrected chi connectivity index (χ1v) is 5.80. The molecule has 1 aliphatic rings. The van der Waals surface area contributed by atoms with E-state index in [0.29, 0.717) is 6.04 Å². The fourth-order valence-electron chi connectivity index (χ4n) is 2.00. The van der Waals surface area contributed by atoms with Crippen molar-refractivity contribution < 1.29 is 19.4 Å². The van der Waals surface area contributed by atoms with Crippen molar-refractivity contribution in [2.75, 3.05) is 20.3 Å². The summed E-state index contributed by atoms with van der Waals surface area (Å²) in [6.07, 6.45) is 1.49. The molecule has 6 heteroatoms. The Morgan fingerprint density at radius 2 is 2.29 bits per heavy atom. The van der Waals surface area contributed by atoms with Crippen LogP contribution < -0.4 is 10.6 Å². The monoisotopic (exact) mass is 244 g/mol. The third-order valence-corrected chi connectivity index (χ3v) is 2.94. The van der Waals surface area contributed by atoms with Crippen molar-refractivity contribution in [3.63, 3.8) is 0 Å². The van der Waals surface area contributed by atoms with Gasteiger partial charge in [0.1, 0.15) is 0 Å². The number of hydrogen-bond donors (Lipinski definition) is 3. The summed E-state index contributed by atoms with van der Waals surface area (Å²) in [6.45, 7) is 2.80. The van der Waals surface area contributed by atoms with Gasteiger partial charge >= 0.3 is 5.97 Å². The highest BCUT2D eigenvalue weighted by molar-refractivity contribution is 5.85. The van der Waals surface area contributed by atoms with Gasteiger partial charge in [0.25, 0.3) is 0 Å². The number of ether oxygens (including phenoxy) is 1. The Morgan fingerprint density at radius 3 is 2.82 bits per heavy atom. The first-order valence-electron chi connectivity index (χ1n) is 5.80. The van der Waals surface area contributed by atoms with Crippen LogP contribution in [-0.4, -0.2) is 49.3 Å². The highest BCUT2D eigenvalue weighted by Gasteiger charge is 2.28. The van der Waals surface area contributed by atoms with E-state index in [9.17, 15) is 9.59 Å². The molecular formula is C11H20N2O4. The van der Waals surface area contributed by atoms with Crippen molar-refractivity contribution in [1.82, 2.24) is 10.6 Å². The number of carboxylic acids is 1. The number of aliphatic carboxylic acids is 1. The van der Waals surface area contributed by atoms with Crippen LogP contribution in [0.25, 0.3) is 0 Å². The van der Waals surface area contributed by atoms with Crippen molar-refractivity contribution in [3.8, 4) is 0 Å². The summed E-state index contributed by atoms with van der Waals surface area (Å²) in [4.78, 5) is 22.7. The zero-order valence-corrected chi connectivity index (χ0v) is 10.2. The zero-order chi connectivity index (χ0) is 12.8. The Bertz CT molecular complexity index is 283. The molecule has 1 amide bonds. The van der Waals surface area contributed by atoms with E-state index in [4.69, 9.17) is 9.84 Å². The Hall–Kier alpha value is -1.14. The van der Waals surface area contributed by atoms with Crippen LogP contribution in [-0.2, 0) is 14.3 Å². The molecule has 0 spiro atoms. The summed E-state index contributed by atoms with van der Waals surface area (Å²) in [5.41, 5.74) is 0. The number of carbonyl (C=O) groups is 2. The zero-order valence-electron chi connectivity index (χ0n) is 10.2. The second-order valence-electron chi connectivity index (χ2n) is 4.43. The summed E-state index contributed by atoms with van der Waals surface area (Å²) >= 11 is 0. The van der Waals surface area contributed by atoms with Crippen LogP contribution in [0.15, 0.2) is 0 Å². The molecule has 0 bridgehead atoms. The van der Waals surface area contributed by atoms with Crippen LogP contribution in [0.4, 0.5) is 0 Å². The molecule has 0 aromatic heterocycles. The molecule has 6 nitrogen and oxygen atoms in total. The third-order valence-electron chi connectivity index (χ3n) is 2.94. The quantitative estimate of drug-likeness (QED) is 0.612. The predicted molar refractivity (Wildman–Crippen MR) is 61.6 cm³/mol. The molecule has 1 aliphatic heterocycles. The molecule has 17 heavy (non-hydrogen) atoms. The maximum atomic E-state index is 11.9. The van der Waals surface area contributed by atoms with E-state index in [1.807, 2.05) is 6.92 Å². The van der Waals surface area contributed by atoms with Gasteiger partial charge in [0.15, 0.2) is 6.04 Å². The summed E-state index contributed by atoms with van der Waals surface area (Å²) in [6, 6.07) is -0.664. The highest BCUT2D eigenvalue weighted by Crippen LogP contribution is 2.16. The summed E-state index contributed by atoms with van der Waals surface area (Å²) in [7, 11) is 1.41. The van der Waals surface area contributed by atoms with Gasteiger partial charge in [0.2, 0.25) is 5.91 Å². The van der Waals surface area contributed by atoms with E-state index in [-0.39, 0.29) is 18.4 Å². The lowest BCUT2D eigenvalue weighted by Crippen LogP contribution is -2.49. The van der Waals surface area contributed by atoms with Crippen LogP contribution >= 0.6 is 0 Å². The Balaban J connectivity index is 2.48. The Morgan fingerprint density at radius 1 is 1.59 bits per heavy atom. The number of rotatable bonds is 5. The van der Waals surface area contributed by atoms with Crippen molar-refractivity contribution in [2.24, 2.45) is 5.92 Å². The maximum absolute atomic E-state index is 11.9. The van der Waals surface area contributed by atoms with E-state index >= 15 is 0 Å². The van der Waals surface area contributed by atoms with Crippen LogP contribution in [0.3, 0.4) is 0 Å². The number of piperidine rings is 1. The fourth-order valence-corrected chi connectivity index (χ4v) is 2.00. The first kappa shape index (κ1) is 13.9. The van der Waals surface area contributed by atoms with Crippen molar-refractivity contribution in [2.45, 2.75) is 31.8 Å². The highest BCUT2D eigenvalue weighted by atomic mass is 16.5. The second-order valence-corrected chi connectivity index (χ2v) is 4.43. The number of methoxy groups -OCH3 is 1. The lowest BCUT2D eigenvalue weighted by molar-refractivity contribution is -0.144. The lowest BCUT2D eigenvalue weighted by Gasteiger charge is -2.28. The molecule has 0 radical (unpaired) electrons. The van der Waals surface area contributed by atoms with Gasteiger partial charge in [-0.1, -0.05) is 0 Å². The molecule has 3 unspecified atom stereocenters. The number of hydrogen-bond acceptors (Lipinski definition) is 4. The lowest BCUT2D eigenvalue weighted by atomic mass is 9.92. The molecule has 3 N–H and O–H groups in total. The Labute approximate surface area is 101 Å². The first-order chi connectivity index (χ1) is 8.04. The SMILES string of the molecule is COCC(NC(=O)C1CCNC(C)C1)C(=O)O. The largest absolute Gasteiger partial charge is 0.480 e. The van der Waals surface area contributed by atoms with Gasteiger partial charge in [-0.15, -0.1) is 0 Å².